The van der Waals surface area contributed by atoms with Crippen molar-refractivity contribution >= 4 is 16.0 Å². The summed E-state index contributed by atoms with van der Waals surface area (Å²) in [5, 5.41) is 13.0. The highest BCUT2D eigenvalue weighted by molar-refractivity contribution is 7.89. The third kappa shape index (κ3) is 4.22. The lowest BCUT2D eigenvalue weighted by Gasteiger charge is -2.29. The van der Waals surface area contributed by atoms with E-state index in [1.165, 1.54) is 25.0 Å². The molecule has 0 spiro atoms. The van der Waals surface area contributed by atoms with Crippen molar-refractivity contribution in [2.75, 3.05) is 6.54 Å². The van der Waals surface area contributed by atoms with Crippen LogP contribution in [0.1, 0.15) is 37.7 Å². The van der Waals surface area contributed by atoms with Crippen LogP contribution in [0.2, 0.25) is 0 Å². The van der Waals surface area contributed by atoms with Crippen LogP contribution in [-0.4, -0.2) is 38.1 Å². The number of hydrogen-bond donors (Lipinski definition) is 3. The van der Waals surface area contributed by atoms with Gasteiger partial charge in [-0.05, 0) is 56.7 Å². The number of sulfonamides is 1. The van der Waals surface area contributed by atoms with Crippen LogP contribution in [-0.2, 0) is 14.8 Å². The van der Waals surface area contributed by atoms with Gasteiger partial charge in [-0.3, -0.25) is 4.79 Å². The monoisotopic (exact) mass is 366 g/mol. The molecule has 3 N–H and O–H groups in total. The van der Waals surface area contributed by atoms with Crippen LogP contribution in [0.4, 0.5) is 0 Å². The summed E-state index contributed by atoms with van der Waals surface area (Å²) in [5.74, 6) is -0.457. The van der Waals surface area contributed by atoms with Crippen molar-refractivity contribution in [2.45, 2.75) is 56.0 Å². The van der Waals surface area contributed by atoms with E-state index in [1.54, 1.807) is 12.1 Å². The molecular weight excluding hydrogens is 340 g/mol. The maximum Gasteiger partial charge on any atom is 0.321 e. The summed E-state index contributed by atoms with van der Waals surface area (Å²) < 4.78 is 27.4. The molecule has 25 heavy (non-hydrogen) atoms. The molecule has 1 aliphatic heterocycles. The number of fused-ring (bicyclic) bond motifs is 1. The average Bonchev–Trinajstić information content (AvgIpc) is 2.97. The molecule has 1 aromatic carbocycles. The third-order valence-electron chi connectivity index (χ3n) is 5.53. The third-order valence-corrected chi connectivity index (χ3v) is 7.02. The summed E-state index contributed by atoms with van der Waals surface area (Å²) in [6.45, 7) is 2.64. The first kappa shape index (κ1) is 18.4. The number of carboxylic acid groups (broad SMARTS) is 1. The molecule has 4 atom stereocenters. The van der Waals surface area contributed by atoms with Crippen LogP contribution in [0.25, 0.3) is 0 Å². The number of carboxylic acids is 1. The molecule has 4 unspecified atom stereocenters. The van der Waals surface area contributed by atoms with Gasteiger partial charge < -0.3 is 10.4 Å². The summed E-state index contributed by atoms with van der Waals surface area (Å²) in [6, 6.07) is 5.78. The van der Waals surface area contributed by atoms with Crippen LogP contribution in [0.3, 0.4) is 0 Å². The highest BCUT2D eigenvalue weighted by Gasteiger charge is 2.40. The quantitative estimate of drug-likeness (QED) is 0.715. The molecule has 1 aromatic rings. The highest BCUT2D eigenvalue weighted by atomic mass is 32.2. The largest absolute Gasteiger partial charge is 0.480 e. The minimum atomic E-state index is -3.84. The number of aryl methyl sites for hydroxylation is 1. The van der Waals surface area contributed by atoms with Crippen molar-refractivity contribution < 1.29 is 18.3 Å². The number of nitrogens with one attached hydrogen (secondary N) is 2. The van der Waals surface area contributed by atoms with Gasteiger partial charge in [0.05, 0.1) is 4.90 Å². The van der Waals surface area contributed by atoms with Crippen LogP contribution in [0.5, 0.6) is 0 Å². The predicted octanol–water partition coefficient (Wildman–Crippen LogP) is 1.89. The Bertz CT molecular complexity index is 717. The molecule has 7 heteroatoms. The summed E-state index contributed by atoms with van der Waals surface area (Å²) in [5.41, 5.74) is 0.953. The lowest BCUT2D eigenvalue weighted by atomic mass is 9.78. The van der Waals surface area contributed by atoms with Crippen molar-refractivity contribution in [3.05, 3.63) is 29.8 Å². The van der Waals surface area contributed by atoms with E-state index in [2.05, 4.69) is 10.0 Å². The fourth-order valence-corrected chi connectivity index (χ4v) is 5.37. The van der Waals surface area contributed by atoms with Crippen LogP contribution >= 0.6 is 0 Å². The second kappa shape index (κ2) is 7.43. The molecule has 2 fully saturated rings. The Morgan fingerprint density at radius 1 is 1.28 bits per heavy atom. The molecule has 0 amide bonds. The predicted molar refractivity (Wildman–Crippen MR) is 94.8 cm³/mol. The summed E-state index contributed by atoms with van der Waals surface area (Å²) in [6.07, 6.45) is 4.94. The fourth-order valence-electron chi connectivity index (χ4n) is 4.16. The topological polar surface area (TPSA) is 95.5 Å². The van der Waals surface area contributed by atoms with Crippen LogP contribution < -0.4 is 10.0 Å². The van der Waals surface area contributed by atoms with Crippen molar-refractivity contribution in [3.63, 3.8) is 0 Å². The molecule has 0 bridgehead atoms. The molecule has 0 radical (unpaired) electrons. The number of aliphatic carboxylic acids is 1. The second-order valence-corrected chi connectivity index (χ2v) is 9.00. The van der Waals surface area contributed by atoms with Crippen molar-refractivity contribution in [1.82, 2.24) is 10.0 Å². The minimum absolute atomic E-state index is 0.101. The smallest absolute Gasteiger partial charge is 0.321 e. The van der Waals surface area contributed by atoms with Gasteiger partial charge in [0.15, 0.2) is 0 Å². The number of benzene rings is 1. The van der Waals surface area contributed by atoms with Gasteiger partial charge in [0.25, 0.3) is 0 Å². The van der Waals surface area contributed by atoms with E-state index in [0.29, 0.717) is 18.4 Å². The van der Waals surface area contributed by atoms with Gasteiger partial charge >= 0.3 is 5.97 Å². The van der Waals surface area contributed by atoms with E-state index in [9.17, 15) is 18.3 Å². The molecule has 138 valence electrons. The molecule has 0 aromatic heterocycles. The Morgan fingerprint density at radius 2 is 1.96 bits per heavy atom. The van der Waals surface area contributed by atoms with E-state index in [-0.39, 0.29) is 10.8 Å². The molecule has 6 nitrogen and oxygen atoms in total. The van der Waals surface area contributed by atoms with Crippen molar-refractivity contribution in [3.8, 4) is 0 Å². The Morgan fingerprint density at radius 3 is 2.64 bits per heavy atom. The van der Waals surface area contributed by atoms with Crippen molar-refractivity contribution in [2.24, 2.45) is 11.8 Å². The second-order valence-electron chi connectivity index (χ2n) is 7.28. The molecule has 1 saturated heterocycles. The minimum Gasteiger partial charge on any atom is -0.480 e. The summed E-state index contributed by atoms with van der Waals surface area (Å²) >= 11 is 0. The van der Waals surface area contributed by atoms with Crippen LogP contribution in [0, 0.1) is 18.8 Å². The molecular formula is C18H26N2O4S. The number of carbonyl (C=O) groups is 1. The van der Waals surface area contributed by atoms with Gasteiger partial charge in [-0.15, -0.1) is 0 Å². The normalized spacial score (nSPS) is 27.6. The first-order chi connectivity index (χ1) is 11.9. The van der Waals surface area contributed by atoms with Gasteiger partial charge in [-0.1, -0.05) is 30.5 Å². The zero-order valence-corrected chi connectivity index (χ0v) is 15.3. The molecule has 2 aliphatic rings. The Hall–Kier alpha value is -1.44. The maximum absolute atomic E-state index is 12.5. The van der Waals surface area contributed by atoms with Gasteiger partial charge in [-0.25, -0.2) is 8.42 Å². The number of hydrogen-bond acceptors (Lipinski definition) is 4. The Labute approximate surface area is 149 Å². The van der Waals surface area contributed by atoms with E-state index in [1.807, 2.05) is 6.92 Å². The first-order valence-corrected chi connectivity index (χ1v) is 10.4. The van der Waals surface area contributed by atoms with Crippen molar-refractivity contribution in [1.29, 1.82) is 0 Å². The molecule has 3 rings (SSSR count). The van der Waals surface area contributed by atoms with E-state index >= 15 is 0 Å². The van der Waals surface area contributed by atoms with Gasteiger partial charge in [0.2, 0.25) is 10.0 Å². The fraction of sp³-hybridized carbons (Fsp3) is 0.611. The van der Waals surface area contributed by atoms with Crippen LogP contribution in [0.15, 0.2) is 29.2 Å². The van der Waals surface area contributed by atoms with Gasteiger partial charge in [-0.2, -0.15) is 4.72 Å². The van der Waals surface area contributed by atoms with E-state index in [0.717, 1.165) is 24.9 Å². The van der Waals surface area contributed by atoms with Gasteiger partial charge in [0, 0.05) is 6.04 Å². The Balaban J connectivity index is 1.71. The maximum atomic E-state index is 12.5. The molecule has 1 heterocycles. The highest BCUT2D eigenvalue weighted by Crippen LogP contribution is 2.36. The zero-order chi connectivity index (χ0) is 18.0. The first-order valence-electron chi connectivity index (χ1n) is 8.92. The standard InChI is InChI=1S/C18H26N2O4S/c1-12-6-8-14(9-7-12)25(23,24)20-17(18(21)22)10-13-11-19-16-5-3-2-4-15(13)16/h6-9,13,15-17,19-20H,2-5,10-11H2,1H3,(H,21,22). The zero-order valence-electron chi connectivity index (χ0n) is 14.4. The molecule has 1 saturated carbocycles. The van der Waals surface area contributed by atoms with E-state index in [4.69, 9.17) is 0 Å². The Kier molecular flexibility index (Phi) is 5.46. The SMILES string of the molecule is Cc1ccc(S(=O)(=O)NC(CC2CNC3CCCCC23)C(=O)O)cc1. The lowest BCUT2D eigenvalue weighted by Crippen LogP contribution is -2.43. The lowest BCUT2D eigenvalue weighted by molar-refractivity contribution is -0.139. The summed E-state index contributed by atoms with van der Waals surface area (Å²) in [7, 11) is -3.84. The average molecular weight is 366 g/mol. The molecule has 1 aliphatic carbocycles. The van der Waals surface area contributed by atoms with E-state index < -0.39 is 22.0 Å². The number of rotatable bonds is 6. The summed E-state index contributed by atoms with van der Waals surface area (Å²) in [4.78, 5) is 11.8. The van der Waals surface area contributed by atoms with Gasteiger partial charge in [0.1, 0.15) is 6.04 Å².